The summed E-state index contributed by atoms with van der Waals surface area (Å²) in [5.74, 6) is 0.0986. The van der Waals surface area contributed by atoms with Crippen molar-refractivity contribution in [2.45, 2.75) is 18.6 Å². The Hall–Kier alpha value is -3.01. The zero-order valence-electron chi connectivity index (χ0n) is 13.3. The van der Waals surface area contributed by atoms with Crippen LogP contribution in [0.1, 0.15) is 29.2 Å². The Kier molecular flexibility index (Phi) is 5.65. The van der Waals surface area contributed by atoms with E-state index in [4.69, 9.17) is 10.00 Å². The van der Waals surface area contributed by atoms with Gasteiger partial charge in [0.25, 0.3) is 0 Å². The molecule has 1 amide bonds. The van der Waals surface area contributed by atoms with Gasteiger partial charge in [0.05, 0.1) is 24.8 Å². The molecule has 130 valence electrons. The molecule has 25 heavy (non-hydrogen) atoms. The fourth-order valence-corrected chi connectivity index (χ4v) is 2.30. The number of carbonyl (C=O) groups excluding carboxylic acids is 1. The number of carbonyl (C=O) groups is 1. The van der Waals surface area contributed by atoms with Crippen molar-refractivity contribution >= 4 is 5.91 Å². The van der Waals surface area contributed by atoms with Crippen LogP contribution in [-0.4, -0.2) is 13.0 Å². The fourth-order valence-electron chi connectivity index (χ4n) is 2.30. The molecule has 2 aromatic rings. The molecule has 0 aromatic heterocycles. The van der Waals surface area contributed by atoms with Gasteiger partial charge in [0.15, 0.2) is 0 Å². The molecular formula is C18H15F3N2O2. The number of hydrogen-bond donors (Lipinski definition) is 1. The maximum atomic E-state index is 12.7. The van der Waals surface area contributed by atoms with E-state index in [1.807, 2.05) is 0 Å². The molecule has 0 bridgehead atoms. The van der Waals surface area contributed by atoms with Crippen LogP contribution in [0.2, 0.25) is 0 Å². The summed E-state index contributed by atoms with van der Waals surface area (Å²) in [6.07, 6.45) is -4.77. The lowest BCUT2D eigenvalue weighted by molar-refractivity contribution is -0.137. The number of benzene rings is 2. The predicted octanol–water partition coefficient (Wildman–Crippen LogP) is 3.83. The molecule has 1 atom stereocenters. The maximum absolute atomic E-state index is 12.7. The number of nitrogens with zero attached hydrogens (tertiary/aromatic N) is 1. The molecule has 0 saturated heterocycles. The van der Waals surface area contributed by atoms with Crippen molar-refractivity contribution in [3.8, 4) is 11.8 Å². The first-order valence-electron chi connectivity index (χ1n) is 7.32. The van der Waals surface area contributed by atoms with Crippen LogP contribution >= 0.6 is 0 Å². The smallest absolute Gasteiger partial charge is 0.416 e. The summed E-state index contributed by atoms with van der Waals surface area (Å²) in [5, 5.41) is 11.3. The van der Waals surface area contributed by atoms with E-state index in [9.17, 15) is 18.0 Å². The Morgan fingerprint density at radius 1 is 1.12 bits per heavy atom. The van der Waals surface area contributed by atoms with E-state index in [2.05, 4.69) is 5.32 Å². The van der Waals surface area contributed by atoms with E-state index in [0.29, 0.717) is 16.9 Å². The molecule has 7 heteroatoms. The summed E-state index contributed by atoms with van der Waals surface area (Å²) < 4.78 is 43.2. The number of ether oxygens (including phenoxy) is 1. The van der Waals surface area contributed by atoms with Crippen molar-refractivity contribution in [3.05, 3.63) is 65.2 Å². The predicted molar refractivity (Wildman–Crippen MR) is 84.7 cm³/mol. The zero-order valence-corrected chi connectivity index (χ0v) is 13.3. The molecule has 0 aliphatic heterocycles. The van der Waals surface area contributed by atoms with Crippen LogP contribution in [-0.2, 0) is 11.0 Å². The van der Waals surface area contributed by atoms with Gasteiger partial charge >= 0.3 is 6.18 Å². The number of nitriles is 1. The SMILES string of the molecule is COc1ccc([C@@H](NC(=O)CC#N)c2ccc(C(F)(F)F)cc2)cc1. The second-order valence-corrected chi connectivity index (χ2v) is 5.23. The van der Waals surface area contributed by atoms with Crippen LogP contribution in [0.25, 0.3) is 0 Å². The van der Waals surface area contributed by atoms with E-state index in [0.717, 1.165) is 12.1 Å². The maximum Gasteiger partial charge on any atom is 0.416 e. The second-order valence-electron chi connectivity index (χ2n) is 5.23. The Morgan fingerprint density at radius 3 is 2.08 bits per heavy atom. The number of alkyl halides is 3. The van der Waals surface area contributed by atoms with E-state index < -0.39 is 23.7 Å². The summed E-state index contributed by atoms with van der Waals surface area (Å²) in [6, 6.07) is 12.4. The molecule has 4 nitrogen and oxygen atoms in total. The second kappa shape index (κ2) is 7.71. The summed E-state index contributed by atoms with van der Waals surface area (Å²) in [6.45, 7) is 0. The Balaban J connectivity index is 2.36. The molecule has 2 rings (SSSR count). The van der Waals surface area contributed by atoms with Crippen molar-refractivity contribution in [2.75, 3.05) is 7.11 Å². The molecule has 0 spiro atoms. The molecule has 2 aromatic carbocycles. The van der Waals surface area contributed by atoms with Gasteiger partial charge in [-0.3, -0.25) is 4.79 Å². The van der Waals surface area contributed by atoms with E-state index in [1.165, 1.54) is 19.2 Å². The molecule has 0 unspecified atom stereocenters. The first kappa shape index (κ1) is 18.3. The van der Waals surface area contributed by atoms with Gasteiger partial charge in [-0.2, -0.15) is 18.4 Å². The van der Waals surface area contributed by atoms with Crippen molar-refractivity contribution in [1.29, 1.82) is 5.26 Å². The van der Waals surface area contributed by atoms with Crippen LogP contribution in [0.5, 0.6) is 5.75 Å². The summed E-state index contributed by atoms with van der Waals surface area (Å²) in [5.41, 5.74) is 0.365. The first-order valence-corrected chi connectivity index (χ1v) is 7.32. The summed E-state index contributed by atoms with van der Waals surface area (Å²) >= 11 is 0. The quantitative estimate of drug-likeness (QED) is 0.893. The Bertz CT molecular complexity index is 763. The van der Waals surface area contributed by atoms with Crippen LogP contribution in [0, 0.1) is 11.3 Å². The highest BCUT2D eigenvalue weighted by Crippen LogP contribution is 2.31. The fraction of sp³-hybridized carbons (Fsp3) is 0.222. The molecule has 0 aliphatic rings. The van der Waals surface area contributed by atoms with Crippen molar-refractivity contribution < 1.29 is 22.7 Å². The monoisotopic (exact) mass is 348 g/mol. The van der Waals surface area contributed by atoms with E-state index in [1.54, 1.807) is 30.3 Å². The zero-order chi connectivity index (χ0) is 18.4. The molecule has 1 N–H and O–H groups in total. The lowest BCUT2D eigenvalue weighted by Crippen LogP contribution is -2.28. The van der Waals surface area contributed by atoms with Gasteiger partial charge in [0.1, 0.15) is 12.2 Å². The average molecular weight is 348 g/mol. The minimum Gasteiger partial charge on any atom is -0.497 e. The molecular weight excluding hydrogens is 333 g/mol. The van der Waals surface area contributed by atoms with Gasteiger partial charge in [-0.25, -0.2) is 0 Å². The highest BCUT2D eigenvalue weighted by Gasteiger charge is 2.30. The normalized spacial score (nSPS) is 12.1. The van der Waals surface area contributed by atoms with Gasteiger partial charge in [0, 0.05) is 0 Å². The van der Waals surface area contributed by atoms with Gasteiger partial charge < -0.3 is 10.1 Å². The van der Waals surface area contributed by atoms with E-state index >= 15 is 0 Å². The number of amides is 1. The van der Waals surface area contributed by atoms with Crippen LogP contribution in [0.4, 0.5) is 13.2 Å². The lowest BCUT2D eigenvalue weighted by atomic mass is 9.97. The van der Waals surface area contributed by atoms with Gasteiger partial charge in [-0.15, -0.1) is 0 Å². The number of halogens is 3. The molecule has 0 radical (unpaired) electrons. The van der Waals surface area contributed by atoms with Crippen molar-refractivity contribution in [2.24, 2.45) is 0 Å². The Morgan fingerprint density at radius 2 is 1.64 bits per heavy atom. The molecule has 0 fully saturated rings. The van der Waals surface area contributed by atoms with Gasteiger partial charge in [-0.05, 0) is 35.4 Å². The minimum absolute atomic E-state index is 0.340. The largest absolute Gasteiger partial charge is 0.497 e. The molecule has 0 heterocycles. The molecule has 0 aliphatic carbocycles. The van der Waals surface area contributed by atoms with E-state index in [-0.39, 0.29) is 6.42 Å². The van der Waals surface area contributed by atoms with Crippen LogP contribution < -0.4 is 10.1 Å². The first-order chi connectivity index (χ1) is 11.8. The lowest BCUT2D eigenvalue weighted by Gasteiger charge is -2.20. The summed E-state index contributed by atoms with van der Waals surface area (Å²) in [7, 11) is 1.51. The highest BCUT2D eigenvalue weighted by molar-refractivity contribution is 5.79. The van der Waals surface area contributed by atoms with Crippen molar-refractivity contribution in [3.63, 3.8) is 0 Å². The molecule has 0 saturated carbocycles. The summed E-state index contributed by atoms with van der Waals surface area (Å²) in [4.78, 5) is 11.8. The third-order valence-corrected chi connectivity index (χ3v) is 3.57. The minimum atomic E-state index is -4.43. The average Bonchev–Trinajstić information content (AvgIpc) is 2.59. The number of rotatable bonds is 5. The van der Waals surface area contributed by atoms with Crippen LogP contribution in [0.15, 0.2) is 48.5 Å². The Labute approximate surface area is 142 Å². The number of methoxy groups -OCH3 is 1. The topological polar surface area (TPSA) is 62.1 Å². The van der Waals surface area contributed by atoms with Crippen LogP contribution in [0.3, 0.4) is 0 Å². The third kappa shape index (κ3) is 4.73. The van der Waals surface area contributed by atoms with Gasteiger partial charge in [0.2, 0.25) is 5.91 Å². The number of nitrogens with one attached hydrogen (secondary N) is 1. The highest BCUT2D eigenvalue weighted by atomic mass is 19.4. The third-order valence-electron chi connectivity index (χ3n) is 3.57. The van der Waals surface area contributed by atoms with Crippen molar-refractivity contribution in [1.82, 2.24) is 5.32 Å². The number of hydrogen-bond acceptors (Lipinski definition) is 3. The van der Waals surface area contributed by atoms with Gasteiger partial charge in [-0.1, -0.05) is 24.3 Å². The standard InChI is InChI=1S/C18H15F3N2O2/c1-25-15-8-4-13(5-9-15)17(23-16(24)10-11-22)12-2-6-14(7-3-12)18(19,20)21/h2-9,17H,10H2,1H3,(H,23,24)/t17-/m0/s1.